The molecular formula is C24H31N5O3. The number of nitrogens with one attached hydrogen (secondary N) is 1. The van der Waals surface area contributed by atoms with Gasteiger partial charge in [0.05, 0.1) is 24.2 Å². The van der Waals surface area contributed by atoms with Gasteiger partial charge in [-0.2, -0.15) is 5.26 Å². The van der Waals surface area contributed by atoms with Gasteiger partial charge in [-0.3, -0.25) is 14.5 Å². The summed E-state index contributed by atoms with van der Waals surface area (Å²) < 4.78 is 5.53. The molecule has 3 atom stereocenters. The molecule has 0 bridgehead atoms. The maximum Gasteiger partial charge on any atom is 0.255 e. The molecule has 2 aliphatic carbocycles. The first-order valence-electron chi connectivity index (χ1n) is 11.9. The molecule has 0 spiro atoms. The lowest BCUT2D eigenvalue weighted by atomic mass is 9.60. The Morgan fingerprint density at radius 2 is 1.97 bits per heavy atom. The molecule has 1 N–H and O–H groups in total. The van der Waals surface area contributed by atoms with E-state index in [2.05, 4.69) is 15.2 Å². The van der Waals surface area contributed by atoms with Crippen LogP contribution in [0.2, 0.25) is 0 Å². The van der Waals surface area contributed by atoms with Crippen molar-refractivity contribution in [1.82, 2.24) is 20.1 Å². The number of nitriles is 1. The smallest absolute Gasteiger partial charge is 0.255 e. The van der Waals surface area contributed by atoms with Gasteiger partial charge in [0.25, 0.3) is 5.91 Å². The Morgan fingerprint density at radius 3 is 2.66 bits per heavy atom. The molecule has 2 amide bonds. The maximum atomic E-state index is 13.5. The van der Waals surface area contributed by atoms with Crippen molar-refractivity contribution < 1.29 is 14.3 Å². The van der Waals surface area contributed by atoms with Crippen LogP contribution in [0.1, 0.15) is 54.6 Å². The van der Waals surface area contributed by atoms with Gasteiger partial charge in [0, 0.05) is 44.5 Å². The molecule has 4 fully saturated rings. The molecule has 4 aliphatic rings. The summed E-state index contributed by atoms with van der Waals surface area (Å²) in [5.74, 6) is 0.321. The SMILES string of the molecule is N#Cc1ccc(C(=O)N2CC[C@@H]3C[C@@H](N4CCOCC4)CC[C@@]3(C(=O)NC3CC3)C2)cn1. The number of ether oxygens (including phenoxy) is 1. The van der Waals surface area contributed by atoms with E-state index >= 15 is 0 Å². The number of fused-ring (bicyclic) bond motifs is 1. The van der Waals surface area contributed by atoms with Crippen molar-refractivity contribution in [2.45, 2.75) is 50.6 Å². The molecule has 3 heterocycles. The highest BCUT2D eigenvalue weighted by atomic mass is 16.5. The average molecular weight is 438 g/mol. The van der Waals surface area contributed by atoms with Crippen LogP contribution in [0.15, 0.2) is 18.3 Å². The van der Waals surface area contributed by atoms with E-state index in [0.717, 1.165) is 64.8 Å². The maximum absolute atomic E-state index is 13.5. The molecule has 8 nitrogen and oxygen atoms in total. The van der Waals surface area contributed by atoms with E-state index in [1.807, 2.05) is 11.0 Å². The summed E-state index contributed by atoms with van der Waals surface area (Å²) in [4.78, 5) is 35.2. The normalized spacial score (nSPS) is 30.8. The Morgan fingerprint density at radius 1 is 1.16 bits per heavy atom. The molecule has 0 aromatic carbocycles. The van der Waals surface area contributed by atoms with Crippen molar-refractivity contribution in [1.29, 1.82) is 5.26 Å². The summed E-state index contributed by atoms with van der Waals surface area (Å²) >= 11 is 0. The average Bonchev–Trinajstić information content (AvgIpc) is 3.67. The number of amides is 2. The van der Waals surface area contributed by atoms with Crippen LogP contribution < -0.4 is 5.32 Å². The van der Waals surface area contributed by atoms with Gasteiger partial charge in [0.1, 0.15) is 11.8 Å². The molecular weight excluding hydrogens is 406 g/mol. The van der Waals surface area contributed by atoms with Crippen molar-refractivity contribution in [2.24, 2.45) is 11.3 Å². The van der Waals surface area contributed by atoms with Gasteiger partial charge >= 0.3 is 0 Å². The molecule has 32 heavy (non-hydrogen) atoms. The summed E-state index contributed by atoms with van der Waals surface area (Å²) in [7, 11) is 0. The zero-order valence-electron chi connectivity index (χ0n) is 18.5. The first-order chi connectivity index (χ1) is 15.6. The second-order valence-corrected chi connectivity index (χ2v) is 9.74. The summed E-state index contributed by atoms with van der Waals surface area (Å²) in [5, 5.41) is 12.2. The van der Waals surface area contributed by atoms with Crippen LogP contribution in [0.25, 0.3) is 0 Å². The van der Waals surface area contributed by atoms with Crippen molar-refractivity contribution in [3.63, 3.8) is 0 Å². The van der Waals surface area contributed by atoms with E-state index in [0.29, 0.717) is 36.4 Å². The molecule has 2 saturated carbocycles. The zero-order valence-corrected chi connectivity index (χ0v) is 18.5. The minimum Gasteiger partial charge on any atom is -0.379 e. The Kier molecular flexibility index (Phi) is 5.87. The lowest BCUT2D eigenvalue weighted by molar-refractivity contribution is -0.143. The summed E-state index contributed by atoms with van der Waals surface area (Å²) in [6, 6.07) is 6.02. The van der Waals surface area contributed by atoms with Gasteiger partial charge < -0.3 is 15.0 Å². The predicted molar refractivity (Wildman–Crippen MR) is 117 cm³/mol. The molecule has 2 saturated heterocycles. The highest BCUT2D eigenvalue weighted by Gasteiger charge is 2.54. The fourth-order valence-electron chi connectivity index (χ4n) is 5.78. The highest BCUT2D eigenvalue weighted by molar-refractivity contribution is 5.95. The van der Waals surface area contributed by atoms with Crippen LogP contribution in [-0.4, -0.2) is 78.1 Å². The van der Waals surface area contributed by atoms with Crippen LogP contribution in [0.3, 0.4) is 0 Å². The number of morpholine rings is 1. The van der Waals surface area contributed by atoms with Gasteiger partial charge in [0.2, 0.25) is 5.91 Å². The third kappa shape index (κ3) is 4.12. The van der Waals surface area contributed by atoms with E-state index in [4.69, 9.17) is 10.00 Å². The van der Waals surface area contributed by atoms with E-state index in [9.17, 15) is 9.59 Å². The number of aromatic nitrogens is 1. The number of likely N-dealkylation sites (tertiary alicyclic amines) is 1. The van der Waals surface area contributed by atoms with Gasteiger partial charge in [-0.05, 0) is 56.6 Å². The van der Waals surface area contributed by atoms with E-state index < -0.39 is 5.41 Å². The van der Waals surface area contributed by atoms with Crippen LogP contribution >= 0.6 is 0 Å². The largest absolute Gasteiger partial charge is 0.379 e. The molecule has 2 aliphatic heterocycles. The minimum absolute atomic E-state index is 0.102. The molecule has 5 rings (SSSR count). The van der Waals surface area contributed by atoms with Crippen molar-refractivity contribution in [3.05, 3.63) is 29.6 Å². The quantitative estimate of drug-likeness (QED) is 0.768. The number of hydrogen-bond donors (Lipinski definition) is 1. The second kappa shape index (κ2) is 8.80. The molecule has 0 unspecified atom stereocenters. The molecule has 8 heteroatoms. The summed E-state index contributed by atoms with van der Waals surface area (Å²) in [5.41, 5.74) is 0.253. The van der Waals surface area contributed by atoms with Gasteiger partial charge in [0.15, 0.2) is 0 Å². The third-order valence-electron chi connectivity index (χ3n) is 7.82. The molecule has 170 valence electrons. The number of piperidine rings is 1. The molecule has 1 aromatic rings. The lowest BCUT2D eigenvalue weighted by Crippen LogP contribution is -2.61. The summed E-state index contributed by atoms with van der Waals surface area (Å²) in [6.45, 7) is 4.62. The predicted octanol–water partition coefficient (Wildman–Crippen LogP) is 1.57. The minimum atomic E-state index is -0.515. The fraction of sp³-hybridized carbons (Fsp3) is 0.667. The van der Waals surface area contributed by atoms with Crippen LogP contribution in [-0.2, 0) is 9.53 Å². The molecule has 0 radical (unpaired) electrons. The number of carbonyl (C=O) groups excluding carboxylic acids is 2. The van der Waals surface area contributed by atoms with Crippen molar-refractivity contribution in [2.75, 3.05) is 39.4 Å². The van der Waals surface area contributed by atoms with Crippen molar-refractivity contribution >= 4 is 11.8 Å². The second-order valence-electron chi connectivity index (χ2n) is 9.74. The Bertz CT molecular complexity index is 903. The lowest BCUT2D eigenvalue weighted by Gasteiger charge is -2.53. The van der Waals surface area contributed by atoms with Crippen LogP contribution in [0.4, 0.5) is 0 Å². The Hall–Kier alpha value is -2.50. The number of pyridine rings is 1. The topological polar surface area (TPSA) is 98.6 Å². The monoisotopic (exact) mass is 437 g/mol. The van der Waals surface area contributed by atoms with Crippen molar-refractivity contribution in [3.8, 4) is 6.07 Å². The number of carbonyl (C=O) groups is 2. The van der Waals surface area contributed by atoms with Crippen LogP contribution in [0, 0.1) is 22.7 Å². The number of nitrogens with zero attached hydrogens (tertiary/aromatic N) is 4. The highest BCUT2D eigenvalue weighted by Crippen LogP contribution is 2.48. The van der Waals surface area contributed by atoms with Gasteiger partial charge in [-0.25, -0.2) is 4.98 Å². The standard InChI is InChI=1S/C24H31N5O3/c25-14-20-2-1-17(15-26-20)22(30)29-8-6-18-13-21(28-9-11-32-12-10-28)5-7-24(18,16-29)23(31)27-19-3-4-19/h1-2,15,18-19,21H,3-13,16H2,(H,27,31)/t18-,21+,24-/m1/s1. The zero-order chi connectivity index (χ0) is 22.1. The van der Waals surface area contributed by atoms with E-state index in [1.54, 1.807) is 12.1 Å². The number of rotatable bonds is 4. The molecule has 1 aromatic heterocycles. The van der Waals surface area contributed by atoms with Gasteiger partial charge in [-0.15, -0.1) is 0 Å². The Labute approximate surface area is 188 Å². The summed E-state index contributed by atoms with van der Waals surface area (Å²) in [6.07, 6.45) is 7.24. The van der Waals surface area contributed by atoms with Crippen LogP contribution in [0.5, 0.6) is 0 Å². The fourth-order valence-corrected chi connectivity index (χ4v) is 5.78. The Balaban J connectivity index is 1.34. The first-order valence-corrected chi connectivity index (χ1v) is 11.9. The number of hydrogen-bond acceptors (Lipinski definition) is 6. The first kappa shape index (κ1) is 21.4. The van der Waals surface area contributed by atoms with E-state index in [-0.39, 0.29) is 17.7 Å². The van der Waals surface area contributed by atoms with E-state index in [1.165, 1.54) is 6.20 Å². The van der Waals surface area contributed by atoms with Gasteiger partial charge in [-0.1, -0.05) is 0 Å². The third-order valence-corrected chi connectivity index (χ3v) is 7.82.